The lowest BCUT2D eigenvalue weighted by Crippen LogP contribution is -2.49. The monoisotopic (exact) mass is 416 g/mol. The van der Waals surface area contributed by atoms with Gasteiger partial charge in [-0.3, -0.25) is 4.79 Å². The molecule has 0 radical (unpaired) electrons. The molecule has 0 saturated carbocycles. The van der Waals surface area contributed by atoms with Crippen molar-refractivity contribution in [2.75, 3.05) is 18.9 Å². The van der Waals surface area contributed by atoms with Crippen molar-refractivity contribution in [2.45, 2.75) is 57.1 Å². The summed E-state index contributed by atoms with van der Waals surface area (Å²) < 4.78 is 6.98. The van der Waals surface area contributed by atoms with Crippen LogP contribution < -0.4 is 0 Å². The van der Waals surface area contributed by atoms with E-state index in [-0.39, 0.29) is 23.5 Å². The summed E-state index contributed by atoms with van der Waals surface area (Å²) in [5.74, 6) is 0.872. The molecule has 1 saturated heterocycles. The van der Waals surface area contributed by atoms with Gasteiger partial charge in [0.15, 0.2) is 0 Å². The van der Waals surface area contributed by atoms with Crippen LogP contribution in [-0.2, 0) is 14.3 Å². The zero-order valence-electron chi connectivity index (χ0n) is 17.2. The Morgan fingerprint density at radius 3 is 2.69 bits per heavy atom. The minimum atomic E-state index is -0.474. The van der Waals surface area contributed by atoms with Crippen LogP contribution in [0.5, 0.6) is 0 Å². The molecule has 1 aromatic heterocycles. The highest BCUT2D eigenvalue weighted by atomic mass is 32.2. The van der Waals surface area contributed by atoms with E-state index in [1.165, 1.54) is 11.8 Å². The summed E-state index contributed by atoms with van der Waals surface area (Å²) in [7, 11) is 0. The first kappa shape index (κ1) is 21.4. The first-order chi connectivity index (χ1) is 14.0. The average Bonchev–Trinajstić information content (AvgIpc) is 3.17. The van der Waals surface area contributed by atoms with Crippen LogP contribution >= 0.6 is 11.8 Å². The van der Waals surface area contributed by atoms with E-state index in [0.29, 0.717) is 24.7 Å². The van der Waals surface area contributed by atoms with Gasteiger partial charge in [0.25, 0.3) is 0 Å². The molecule has 8 heteroatoms. The van der Waals surface area contributed by atoms with Crippen molar-refractivity contribution < 1.29 is 14.3 Å². The predicted molar refractivity (Wildman–Crippen MR) is 112 cm³/mol. The van der Waals surface area contributed by atoms with Crippen LogP contribution in [0.2, 0.25) is 0 Å². The van der Waals surface area contributed by atoms with Crippen LogP contribution in [0, 0.1) is 0 Å². The van der Waals surface area contributed by atoms with Gasteiger partial charge in [0, 0.05) is 12.5 Å². The van der Waals surface area contributed by atoms with Crippen molar-refractivity contribution in [1.82, 2.24) is 19.7 Å². The van der Waals surface area contributed by atoms with Crippen LogP contribution in [-0.4, -0.2) is 56.5 Å². The quantitative estimate of drug-likeness (QED) is 0.508. The van der Waals surface area contributed by atoms with Crippen LogP contribution in [0.25, 0.3) is 5.69 Å². The number of rotatable bonds is 7. The lowest BCUT2D eigenvalue weighted by Gasteiger charge is -2.33. The third kappa shape index (κ3) is 5.18. The van der Waals surface area contributed by atoms with Crippen molar-refractivity contribution in [1.29, 1.82) is 0 Å². The molecule has 1 amide bonds. The summed E-state index contributed by atoms with van der Waals surface area (Å²) in [5, 5.41) is 5.17. The Labute approximate surface area is 175 Å². The zero-order valence-corrected chi connectivity index (χ0v) is 18.0. The molecule has 1 aliphatic heterocycles. The van der Waals surface area contributed by atoms with E-state index >= 15 is 0 Å². The normalized spacial score (nSPS) is 16.8. The number of amides is 1. The number of benzene rings is 1. The standard InChI is InChI=1S/C21H28N4O3S/c1-4-28-20(27)17-12-8-9-13-24(17)18(26)14-29-21-22-19(15(2)3)25(23-21)16-10-6-5-7-11-16/h5-7,10-11,15,17H,4,8-9,12-14H2,1-3H3/t17-/m1/s1. The lowest BCUT2D eigenvalue weighted by atomic mass is 10.0. The van der Waals surface area contributed by atoms with Gasteiger partial charge in [-0.2, -0.15) is 0 Å². The Bertz CT molecular complexity index is 838. The smallest absolute Gasteiger partial charge is 0.328 e. The van der Waals surface area contributed by atoms with Crippen molar-refractivity contribution in [2.24, 2.45) is 0 Å². The fraction of sp³-hybridized carbons (Fsp3) is 0.524. The van der Waals surface area contributed by atoms with Gasteiger partial charge in [-0.25, -0.2) is 14.5 Å². The fourth-order valence-corrected chi connectivity index (χ4v) is 4.14. The Balaban J connectivity index is 1.70. The number of carbonyl (C=O) groups excluding carboxylic acids is 2. The van der Waals surface area contributed by atoms with Crippen molar-refractivity contribution >= 4 is 23.6 Å². The molecule has 1 aliphatic rings. The van der Waals surface area contributed by atoms with Crippen LogP contribution in [0.15, 0.2) is 35.5 Å². The van der Waals surface area contributed by atoms with Gasteiger partial charge in [0.1, 0.15) is 11.9 Å². The molecule has 1 fully saturated rings. The first-order valence-corrected chi connectivity index (χ1v) is 11.1. The van der Waals surface area contributed by atoms with E-state index in [1.807, 2.05) is 35.0 Å². The van der Waals surface area contributed by atoms with Gasteiger partial charge >= 0.3 is 5.97 Å². The first-order valence-electron chi connectivity index (χ1n) is 10.1. The van der Waals surface area contributed by atoms with Gasteiger partial charge in [-0.1, -0.05) is 43.8 Å². The minimum absolute atomic E-state index is 0.0742. The van der Waals surface area contributed by atoms with Gasteiger partial charge in [-0.15, -0.1) is 5.10 Å². The van der Waals surface area contributed by atoms with Gasteiger partial charge in [0.05, 0.1) is 18.0 Å². The molecule has 0 unspecified atom stereocenters. The van der Waals surface area contributed by atoms with E-state index in [2.05, 4.69) is 23.9 Å². The molecule has 0 bridgehead atoms. The SMILES string of the molecule is CCOC(=O)[C@H]1CCCCN1C(=O)CSc1nc(C(C)C)n(-c2ccccc2)n1. The third-order valence-corrected chi connectivity index (χ3v) is 5.66. The van der Waals surface area contributed by atoms with Crippen LogP contribution in [0.3, 0.4) is 0 Å². The molecule has 0 spiro atoms. The Hall–Kier alpha value is -2.35. The zero-order chi connectivity index (χ0) is 20.8. The average molecular weight is 417 g/mol. The number of ether oxygens (including phenoxy) is 1. The summed E-state index contributed by atoms with van der Waals surface area (Å²) in [6, 6.07) is 9.38. The maximum absolute atomic E-state index is 12.8. The number of nitrogens with zero attached hydrogens (tertiary/aromatic N) is 4. The summed E-state index contributed by atoms with van der Waals surface area (Å²) in [6.45, 7) is 6.84. The molecule has 2 aromatic rings. The largest absolute Gasteiger partial charge is 0.464 e. The topological polar surface area (TPSA) is 77.3 Å². The molecular formula is C21H28N4O3S. The molecule has 0 aliphatic carbocycles. The third-order valence-electron chi connectivity index (χ3n) is 4.84. The maximum atomic E-state index is 12.8. The fourth-order valence-electron chi connectivity index (χ4n) is 3.42. The highest BCUT2D eigenvalue weighted by Crippen LogP contribution is 2.24. The number of piperidine rings is 1. The second-order valence-corrected chi connectivity index (χ2v) is 8.24. The number of thioether (sulfide) groups is 1. The van der Waals surface area contributed by atoms with Crippen molar-refractivity contribution in [3.05, 3.63) is 36.2 Å². The Morgan fingerprint density at radius 1 is 1.24 bits per heavy atom. The molecule has 156 valence electrons. The molecule has 29 heavy (non-hydrogen) atoms. The van der Waals surface area contributed by atoms with E-state index < -0.39 is 6.04 Å². The highest BCUT2D eigenvalue weighted by molar-refractivity contribution is 7.99. The van der Waals surface area contributed by atoms with E-state index in [9.17, 15) is 9.59 Å². The van der Waals surface area contributed by atoms with Crippen LogP contribution in [0.1, 0.15) is 51.8 Å². The second-order valence-electron chi connectivity index (χ2n) is 7.29. The van der Waals surface area contributed by atoms with Crippen LogP contribution in [0.4, 0.5) is 0 Å². The lowest BCUT2D eigenvalue weighted by molar-refractivity contribution is -0.155. The number of aromatic nitrogens is 3. The summed E-state index contributed by atoms with van der Waals surface area (Å²) in [5.41, 5.74) is 0.945. The van der Waals surface area contributed by atoms with E-state index in [4.69, 9.17) is 4.74 Å². The Morgan fingerprint density at radius 2 is 2.00 bits per heavy atom. The number of hydrogen-bond acceptors (Lipinski definition) is 6. The van der Waals surface area contributed by atoms with Gasteiger partial charge in [0.2, 0.25) is 11.1 Å². The molecule has 2 heterocycles. The van der Waals surface area contributed by atoms with E-state index in [0.717, 1.165) is 24.4 Å². The van der Waals surface area contributed by atoms with Gasteiger partial charge < -0.3 is 9.64 Å². The molecule has 1 atom stereocenters. The summed E-state index contributed by atoms with van der Waals surface area (Å²) in [6.07, 6.45) is 2.50. The number of hydrogen-bond donors (Lipinski definition) is 0. The van der Waals surface area contributed by atoms with Crippen molar-refractivity contribution in [3.63, 3.8) is 0 Å². The van der Waals surface area contributed by atoms with E-state index in [1.54, 1.807) is 11.8 Å². The predicted octanol–water partition coefficient (Wildman–Crippen LogP) is 3.43. The molecule has 1 aromatic carbocycles. The molecule has 0 N–H and O–H groups in total. The number of likely N-dealkylation sites (tertiary alicyclic amines) is 1. The molecular weight excluding hydrogens is 388 g/mol. The maximum Gasteiger partial charge on any atom is 0.328 e. The Kier molecular flexibility index (Phi) is 7.30. The summed E-state index contributed by atoms with van der Waals surface area (Å²) in [4.78, 5) is 31.3. The van der Waals surface area contributed by atoms with Gasteiger partial charge in [-0.05, 0) is 38.3 Å². The minimum Gasteiger partial charge on any atom is -0.464 e. The number of esters is 1. The van der Waals surface area contributed by atoms with Crippen molar-refractivity contribution in [3.8, 4) is 5.69 Å². The number of para-hydroxylation sites is 1. The number of carbonyl (C=O) groups is 2. The molecule has 7 nitrogen and oxygen atoms in total. The summed E-state index contributed by atoms with van der Waals surface area (Å²) >= 11 is 1.31. The highest BCUT2D eigenvalue weighted by Gasteiger charge is 2.33. The molecule has 3 rings (SSSR count). The second kappa shape index (κ2) is 9.91.